The number of hydrogen-bond donors (Lipinski definition) is 1. The number of halogens is 2. The molecular formula is C9H8F2N8. The van der Waals surface area contributed by atoms with E-state index < -0.39 is 6.43 Å². The van der Waals surface area contributed by atoms with E-state index in [1.807, 2.05) is 0 Å². The molecule has 8 nitrogen and oxygen atoms in total. The van der Waals surface area contributed by atoms with Gasteiger partial charge in [0.15, 0.2) is 11.5 Å². The minimum absolute atomic E-state index is 0.192. The number of anilines is 2. The minimum atomic E-state index is -2.63. The third-order valence-electron chi connectivity index (χ3n) is 2.52. The maximum Gasteiger partial charge on any atom is 0.282 e. The summed E-state index contributed by atoms with van der Waals surface area (Å²) in [7, 11) is 1.45. The fourth-order valence-electron chi connectivity index (χ4n) is 1.66. The molecule has 0 aliphatic carbocycles. The van der Waals surface area contributed by atoms with Crippen molar-refractivity contribution >= 4 is 17.2 Å². The Morgan fingerprint density at radius 1 is 1.32 bits per heavy atom. The zero-order chi connectivity index (χ0) is 13.4. The third kappa shape index (κ3) is 1.96. The van der Waals surface area contributed by atoms with Crippen LogP contribution in [0.25, 0.3) is 5.65 Å². The quantitative estimate of drug-likeness (QED) is 0.759. The normalized spacial score (nSPS) is 11.4. The van der Waals surface area contributed by atoms with Crippen LogP contribution in [0.4, 0.5) is 20.3 Å². The monoisotopic (exact) mass is 266 g/mol. The molecular weight excluding hydrogens is 258 g/mol. The van der Waals surface area contributed by atoms with Crippen molar-refractivity contribution in [3.8, 4) is 0 Å². The van der Waals surface area contributed by atoms with Crippen molar-refractivity contribution in [1.29, 1.82) is 0 Å². The van der Waals surface area contributed by atoms with Crippen molar-refractivity contribution < 1.29 is 8.78 Å². The van der Waals surface area contributed by atoms with E-state index >= 15 is 0 Å². The largest absolute Gasteiger partial charge is 0.336 e. The first kappa shape index (κ1) is 11.4. The lowest BCUT2D eigenvalue weighted by Crippen LogP contribution is -2.04. The molecule has 3 aromatic rings. The molecule has 0 aromatic carbocycles. The van der Waals surface area contributed by atoms with Crippen LogP contribution < -0.4 is 5.32 Å². The zero-order valence-corrected chi connectivity index (χ0v) is 9.70. The van der Waals surface area contributed by atoms with E-state index in [9.17, 15) is 8.78 Å². The number of hydrogen-bond acceptors (Lipinski definition) is 6. The lowest BCUT2D eigenvalue weighted by atomic mass is 10.3. The summed E-state index contributed by atoms with van der Waals surface area (Å²) in [6, 6.07) is 3.21. The first-order valence-corrected chi connectivity index (χ1v) is 5.27. The predicted molar refractivity (Wildman–Crippen MR) is 60.0 cm³/mol. The van der Waals surface area contributed by atoms with Gasteiger partial charge in [0.05, 0.1) is 11.9 Å². The third-order valence-corrected chi connectivity index (χ3v) is 2.52. The highest BCUT2D eigenvalue weighted by Gasteiger charge is 2.18. The van der Waals surface area contributed by atoms with E-state index in [2.05, 4.69) is 31.0 Å². The Morgan fingerprint density at radius 3 is 2.95 bits per heavy atom. The lowest BCUT2D eigenvalue weighted by Gasteiger charge is -2.06. The Labute approximate surface area is 105 Å². The van der Waals surface area contributed by atoms with Crippen LogP contribution in [-0.2, 0) is 7.05 Å². The van der Waals surface area contributed by atoms with Gasteiger partial charge < -0.3 is 5.32 Å². The van der Waals surface area contributed by atoms with Crippen molar-refractivity contribution in [2.45, 2.75) is 6.43 Å². The minimum Gasteiger partial charge on any atom is -0.336 e. The number of fused-ring (bicyclic) bond motifs is 1. The zero-order valence-electron chi connectivity index (χ0n) is 9.70. The highest BCUT2D eigenvalue weighted by atomic mass is 19.3. The van der Waals surface area contributed by atoms with Gasteiger partial charge in [-0.05, 0) is 22.6 Å². The van der Waals surface area contributed by atoms with Crippen LogP contribution in [0.5, 0.6) is 0 Å². The Morgan fingerprint density at radius 2 is 2.16 bits per heavy atom. The number of alkyl halides is 2. The second kappa shape index (κ2) is 4.23. The fraction of sp³-hybridized carbons (Fsp3) is 0.222. The van der Waals surface area contributed by atoms with Crippen molar-refractivity contribution in [1.82, 2.24) is 35.0 Å². The number of nitrogens with one attached hydrogen (secondary N) is 1. The molecule has 0 saturated heterocycles. The van der Waals surface area contributed by atoms with Gasteiger partial charge in [0, 0.05) is 7.05 Å². The van der Waals surface area contributed by atoms with Crippen molar-refractivity contribution in [3.63, 3.8) is 0 Å². The molecule has 0 radical (unpaired) electrons. The molecule has 10 heteroatoms. The van der Waals surface area contributed by atoms with E-state index in [4.69, 9.17) is 0 Å². The van der Waals surface area contributed by atoms with Gasteiger partial charge in [-0.25, -0.2) is 8.78 Å². The molecule has 0 fully saturated rings. The lowest BCUT2D eigenvalue weighted by molar-refractivity contribution is 0.141. The molecule has 0 amide bonds. The molecule has 0 atom stereocenters. The Bertz CT molecular complexity index is 718. The molecule has 0 spiro atoms. The van der Waals surface area contributed by atoms with E-state index in [1.165, 1.54) is 17.9 Å². The molecule has 19 heavy (non-hydrogen) atoms. The van der Waals surface area contributed by atoms with E-state index in [1.54, 1.807) is 12.1 Å². The maximum absolute atomic E-state index is 12.9. The van der Waals surface area contributed by atoms with Crippen LogP contribution in [0, 0.1) is 0 Å². The van der Waals surface area contributed by atoms with E-state index in [0.717, 1.165) is 4.68 Å². The molecule has 0 aliphatic heterocycles. The van der Waals surface area contributed by atoms with Gasteiger partial charge in [0.1, 0.15) is 5.69 Å². The Balaban J connectivity index is 1.96. The van der Waals surface area contributed by atoms with Crippen molar-refractivity contribution in [2.24, 2.45) is 7.05 Å². The smallest absolute Gasteiger partial charge is 0.282 e. The van der Waals surface area contributed by atoms with Crippen LogP contribution in [-0.4, -0.2) is 35.0 Å². The number of rotatable bonds is 3. The molecule has 1 N–H and O–H groups in total. The van der Waals surface area contributed by atoms with Gasteiger partial charge in [0.2, 0.25) is 0 Å². The van der Waals surface area contributed by atoms with Gasteiger partial charge in [0.25, 0.3) is 6.43 Å². The van der Waals surface area contributed by atoms with E-state index in [0.29, 0.717) is 11.5 Å². The number of aromatic nitrogens is 7. The molecule has 0 bridgehead atoms. The summed E-state index contributed by atoms with van der Waals surface area (Å²) in [5, 5.41) is 21.3. The molecule has 3 rings (SSSR count). The first-order chi connectivity index (χ1) is 9.15. The second-order valence-corrected chi connectivity index (χ2v) is 3.74. The highest BCUT2D eigenvalue weighted by molar-refractivity contribution is 5.59. The summed E-state index contributed by atoms with van der Waals surface area (Å²) in [5.74, 6) is 0.342. The van der Waals surface area contributed by atoms with E-state index in [-0.39, 0.29) is 11.4 Å². The average molecular weight is 266 g/mol. The summed E-state index contributed by atoms with van der Waals surface area (Å²) in [6.45, 7) is 0. The van der Waals surface area contributed by atoms with Crippen LogP contribution in [0.2, 0.25) is 0 Å². The summed E-state index contributed by atoms with van der Waals surface area (Å²) in [6.07, 6.45) is -1.32. The van der Waals surface area contributed by atoms with Gasteiger partial charge in [-0.15, -0.1) is 14.8 Å². The molecule has 3 heterocycles. The van der Waals surface area contributed by atoms with Gasteiger partial charge in [-0.3, -0.25) is 4.68 Å². The maximum atomic E-state index is 12.9. The van der Waals surface area contributed by atoms with Gasteiger partial charge in [-0.2, -0.15) is 5.10 Å². The van der Waals surface area contributed by atoms with Crippen LogP contribution in [0.1, 0.15) is 12.1 Å². The SMILES string of the molecule is Cn1ncc(Nc2ccc3nnnn3n2)c1C(F)F. The van der Waals surface area contributed by atoms with Gasteiger partial charge in [-0.1, -0.05) is 0 Å². The second-order valence-electron chi connectivity index (χ2n) is 3.74. The summed E-state index contributed by atoms with van der Waals surface area (Å²) in [4.78, 5) is 0. The molecule has 3 aromatic heterocycles. The van der Waals surface area contributed by atoms with Crippen molar-refractivity contribution in [2.75, 3.05) is 5.32 Å². The number of nitrogens with zero attached hydrogens (tertiary/aromatic N) is 7. The number of tetrazole rings is 1. The van der Waals surface area contributed by atoms with Crippen LogP contribution in [0.3, 0.4) is 0 Å². The Hall–Kier alpha value is -2.65. The van der Waals surface area contributed by atoms with Crippen LogP contribution >= 0.6 is 0 Å². The first-order valence-electron chi connectivity index (χ1n) is 5.27. The molecule has 0 unspecified atom stereocenters. The topological polar surface area (TPSA) is 85.8 Å². The molecule has 0 aliphatic rings. The van der Waals surface area contributed by atoms with Crippen LogP contribution in [0.15, 0.2) is 18.3 Å². The van der Waals surface area contributed by atoms with Gasteiger partial charge >= 0.3 is 0 Å². The van der Waals surface area contributed by atoms with Crippen molar-refractivity contribution in [3.05, 3.63) is 24.0 Å². The Kier molecular flexibility index (Phi) is 2.54. The summed E-state index contributed by atoms with van der Waals surface area (Å²) < 4.78 is 28.0. The molecule has 0 saturated carbocycles. The average Bonchev–Trinajstić information content (AvgIpc) is 2.95. The predicted octanol–water partition coefficient (Wildman–Crippen LogP) is 0.934. The highest BCUT2D eigenvalue weighted by Crippen LogP contribution is 2.27. The summed E-state index contributed by atoms with van der Waals surface area (Å²) in [5.41, 5.74) is 0.446. The fourth-order valence-corrected chi connectivity index (χ4v) is 1.66. The molecule has 98 valence electrons. The summed E-state index contributed by atoms with van der Waals surface area (Å²) >= 11 is 0. The number of aryl methyl sites for hydroxylation is 1. The standard InChI is InChI=1S/C9H8F2N8/c1-18-8(9(10)11)5(4-12-18)13-6-2-3-7-14-16-17-19(7)15-6/h2-4,9H,1H3,(H,13,15).